The molecular weight excluding hydrogens is 184 g/mol. The molecule has 0 saturated heterocycles. The summed E-state index contributed by atoms with van der Waals surface area (Å²) in [6.45, 7) is 4.16. The molecule has 2 unspecified atom stereocenters. The van der Waals surface area contributed by atoms with Crippen molar-refractivity contribution >= 4 is 11.3 Å². The molecule has 2 atom stereocenters. The van der Waals surface area contributed by atoms with Crippen molar-refractivity contribution in [2.24, 2.45) is 10.2 Å². The lowest BCUT2D eigenvalue weighted by Crippen LogP contribution is -1.96. The molecule has 0 amide bonds. The smallest absolute Gasteiger partial charge is 0.144 e. The molecule has 70 valence electrons. The van der Waals surface area contributed by atoms with Crippen molar-refractivity contribution in [3.63, 3.8) is 0 Å². The van der Waals surface area contributed by atoms with Gasteiger partial charge in [0.15, 0.2) is 0 Å². The topological polar surface area (TPSA) is 50.5 Å². The molecule has 1 aromatic heterocycles. The summed E-state index contributed by atoms with van der Waals surface area (Å²) in [7, 11) is 0. The lowest BCUT2D eigenvalue weighted by atomic mass is 10.1. The fraction of sp³-hybridized carbons (Fsp3) is 0.750. The molecule has 1 aliphatic heterocycles. The lowest BCUT2D eigenvalue weighted by Gasteiger charge is -1.98. The first kappa shape index (κ1) is 8.74. The first-order chi connectivity index (χ1) is 6.29. The number of aryl methyl sites for hydroxylation is 1. The van der Waals surface area contributed by atoms with Crippen LogP contribution in [0.25, 0.3) is 0 Å². The number of azo groups is 1. The van der Waals surface area contributed by atoms with Crippen molar-refractivity contribution in [1.82, 2.24) is 10.2 Å². The van der Waals surface area contributed by atoms with Crippen LogP contribution in [-0.2, 0) is 6.42 Å². The third kappa shape index (κ3) is 1.75. The van der Waals surface area contributed by atoms with E-state index in [9.17, 15) is 0 Å². The molecule has 0 fully saturated rings. The van der Waals surface area contributed by atoms with Crippen molar-refractivity contribution in [3.05, 3.63) is 10.0 Å². The molecule has 1 aliphatic rings. The van der Waals surface area contributed by atoms with Gasteiger partial charge in [0.2, 0.25) is 0 Å². The van der Waals surface area contributed by atoms with Gasteiger partial charge in [0.25, 0.3) is 0 Å². The highest BCUT2D eigenvalue weighted by Crippen LogP contribution is 2.31. The highest BCUT2D eigenvalue weighted by atomic mass is 32.1. The quantitative estimate of drug-likeness (QED) is 0.729. The number of hydrogen-bond acceptors (Lipinski definition) is 5. The van der Waals surface area contributed by atoms with Gasteiger partial charge in [-0.25, -0.2) is 0 Å². The van der Waals surface area contributed by atoms with Crippen molar-refractivity contribution in [1.29, 1.82) is 0 Å². The molecule has 5 heteroatoms. The normalized spacial score (nSPS) is 26.9. The molecule has 0 saturated carbocycles. The summed E-state index contributed by atoms with van der Waals surface area (Å²) >= 11 is 1.66. The zero-order chi connectivity index (χ0) is 9.26. The third-order valence-corrected chi connectivity index (χ3v) is 3.21. The lowest BCUT2D eigenvalue weighted by molar-refractivity contribution is 0.659. The molecule has 0 aromatic carbocycles. The van der Waals surface area contributed by atoms with E-state index in [0.717, 1.165) is 22.9 Å². The van der Waals surface area contributed by atoms with E-state index in [1.54, 1.807) is 11.3 Å². The SMILES string of the molecule is CCc1nnc(C2CC(C)N=N2)s1. The second-order valence-electron chi connectivity index (χ2n) is 3.22. The highest BCUT2D eigenvalue weighted by Gasteiger charge is 2.23. The van der Waals surface area contributed by atoms with Crippen LogP contribution >= 0.6 is 11.3 Å². The van der Waals surface area contributed by atoms with Crippen molar-refractivity contribution in [2.45, 2.75) is 38.8 Å². The maximum atomic E-state index is 4.17. The first-order valence-electron chi connectivity index (χ1n) is 4.52. The van der Waals surface area contributed by atoms with E-state index >= 15 is 0 Å². The second-order valence-corrected chi connectivity index (χ2v) is 4.31. The van der Waals surface area contributed by atoms with E-state index < -0.39 is 0 Å². The molecule has 2 heterocycles. The Hall–Kier alpha value is -0.840. The Morgan fingerprint density at radius 1 is 1.38 bits per heavy atom. The van der Waals surface area contributed by atoms with Gasteiger partial charge in [-0.2, -0.15) is 10.2 Å². The summed E-state index contributed by atoms with van der Waals surface area (Å²) in [4.78, 5) is 0. The van der Waals surface area contributed by atoms with Crippen LogP contribution < -0.4 is 0 Å². The molecule has 0 radical (unpaired) electrons. The maximum Gasteiger partial charge on any atom is 0.144 e. The van der Waals surface area contributed by atoms with Gasteiger partial charge in [-0.3, -0.25) is 0 Å². The minimum Gasteiger partial charge on any atom is -0.190 e. The predicted octanol–water partition coefficient (Wildman–Crippen LogP) is 2.39. The Labute approximate surface area is 81.1 Å². The van der Waals surface area contributed by atoms with Gasteiger partial charge >= 0.3 is 0 Å². The van der Waals surface area contributed by atoms with Crippen LogP contribution in [0.15, 0.2) is 10.2 Å². The van der Waals surface area contributed by atoms with E-state index in [2.05, 4.69) is 34.3 Å². The van der Waals surface area contributed by atoms with Gasteiger partial charge in [-0.1, -0.05) is 18.3 Å². The van der Waals surface area contributed by atoms with Crippen LogP contribution in [0.3, 0.4) is 0 Å². The van der Waals surface area contributed by atoms with E-state index in [-0.39, 0.29) is 6.04 Å². The number of aromatic nitrogens is 2. The number of nitrogens with zero attached hydrogens (tertiary/aromatic N) is 4. The average molecular weight is 196 g/mol. The summed E-state index contributed by atoms with van der Waals surface area (Å²) in [5, 5.41) is 18.6. The van der Waals surface area contributed by atoms with Crippen LogP contribution in [0.1, 0.15) is 36.3 Å². The van der Waals surface area contributed by atoms with Crippen LogP contribution in [-0.4, -0.2) is 16.2 Å². The minimum absolute atomic E-state index is 0.174. The Morgan fingerprint density at radius 3 is 2.77 bits per heavy atom. The monoisotopic (exact) mass is 196 g/mol. The Bertz CT molecular complexity index is 320. The zero-order valence-electron chi connectivity index (χ0n) is 7.77. The molecule has 2 rings (SSSR count). The van der Waals surface area contributed by atoms with Crippen molar-refractivity contribution < 1.29 is 0 Å². The summed E-state index contributed by atoms with van der Waals surface area (Å²) in [6, 6.07) is 0.520. The molecule has 13 heavy (non-hydrogen) atoms. The minimum atomic E-state index is 0.174. The number of rotatable bonds is 2. The van der Waals surface area contributed by atoms with E-state index in [1.807, 2.05) is 0 Å². The molecule has 1 aromatic rings. The molecule has 0 bridgehead atoms. The van der Waals surface area contributed by atoms with E-state index in [1.165, 1.54) is 0 Å². The van der Waals surface area contributed by atoms with Crippen LogP contribution in [0, 0.1) is 0 Å². The fourth-order valence-electron chi connectivity index (χ4n) is 1.31. The third-order valence-electron chi connectivity index (χ3n) is 2.04. The molecule has 4 nitrogen and oxygen atoms in total. The van der Waals surface area contributed by atoms with E-state index in [0.29, 0.717) is 6.04 Å². The fourth-order valence-corrected chi connectivity index (χ4v) is 2.13. The van der Waals surface area contributed by atoms with Crippen molar-refractivity contribution in [2.75, 3.05) is 0 Å². The second kappa shape index (κ2) is 3.49. The van der Waals surface area contributed by atoms with Gasteiger partial charge in [-0.05, 0) is 13.3 Å². The van der Waals surface area contributed by atoms with Gasteiger partial charge in [0.05, 0.1) is 6.04 Å². The molecule has 0 spiro atoms. The first-order valence-corrected chi connectivity index (χ1v) is 5.33. The summed E-state index contributed by atoms with van der Waals surface area (Å²) in [5.74, 6) is 0. The van der Waals surface area contributed by atoms with Crippen molar-refractivity contribution in [3.8, 4) is 0 Å². The maximum absolute atomic E-state index is 4.17. The predicted molar refractivity (Wildman–Crippen MR) is 51.0 cm³/mol. The van der Waals surface area contributed by atoms with Crippen LogP contribution in [0.5, 0.6) is 0 Å². The van der Waals surface area contributed by atoms with Gasteiger partial charge in [-0.15, -0.1) is 10.2 Å². The molecular formula is C8H12N4S. The Kier molecular flexibility index (Phi) is 2.35. The highest BCUT2D eigenvalue weighted by molar-refractivity contribution is 7.11. The number of hydrogen-bond donors (Lipinski definition) is 0. The van der Waals surface area contributed by atoms with Gasteiger partial charge < -0.3 is 0 Å². The van der Waals surface area contributed by atoms with Crippen LogP contribution in [0.2, 0.25) is 0 Å². The summed E-state index contributed by atoms with van der Waals surface area (Å²) < 4.78 is 0. The standard InChI is InChI=1S/C8H12N4S/c1-3-7-11-12-8(13-7)6-4-5(2)9-10-6/h5-6H,3-4H2,1-2H3. The van der Waals surface area contributed by atoms with E-state index in [4.69, 9.17) is 0 Å². The van der Waals surface area contributed by atoms with Gasteiger partial charge in [0.1, 0.15) is 16.1 Å². The Balaban J connectivity index is 2.13. The van der Waals surface area contributed by atoms with Gasteiger partial charge in [0, 0.05) is 6.42 Å². The zero-order valence-corrected chi connectivity index (χ0v) is 8.58. The van der Waals surface area contributed by atoms with Crippen LogP contribution in [0.4, 0.5) is 0 Å². The molecule has 0 aliphatic carbocycles. The average Bonchev–Trinajstić information content (AvgIpc) is 2.71. The Morgan fingerprint density at radius 2 is 2.23 bits per heavy atom. The largest absolute Gasteiger partial charge is 0.190 e. The molecule has 0 N–H and O–H groups in total. The summed E-state index contributed by atoms with van der Waals surface area (Å²) in [6.07, 6.45) is 1.94. The summed E-state index contributed by atoms with van der Waals surface area (Å²) in [5.41, 5.74) is 0.